The van der Waals surface area contributed by atoms with Crippen molar-refractivity contribution in [1.29, 1.82) is 0 Å². The Hall–Kier alpha value is -0.120. The Morgan fingerprint density at radius 2 is 2.08 bits per heavy atom. The van der Waals surface area contributed by atoms with Gasteiger partial charge in [-0.05, 0) is 32.6 Å². The van der Waals surface area contributed by atoms with Crippen LogP contribution in [0.25, 0.3) is 0 Å². The summed E-state index contributed by atoms with van der Waals surface area (Å²) in [6, 6.07) is 0. The molecule has 0 unspecified atom stereocenters. The summed E-state index contributed by atoms with van der Waals surface area (Å²) in [5.41, 5.74) is -1.07. The van der Waals surface area contributed by atoms with Gasteiger partial charge in [0.1, 0.15) is 0 Å². The molecule has 1 aliphatic carbocycles. The number of hydrogen-bond donors (Lipinski definition) is 3. The third-order valence-electron chi connectivity index (χ3n) is 3.55. The molecule has 0 radical (unpaired) electrons. The smallest absolute Gasteiger partial charge is 0.0828 e. The summed E-state index contributed by atoms with van der Waals surface area (Å²) in [5, 5.41) is 28.3. The van der Waals surface area contributed by atoms with Crippen LogP contribution in [0.5, 0.6) is 0 Å². The third-order valence-corrected chi connectivity index (χ3v) is 3.55. The summed E-state index contributed by atoms with van der Waals surface area (Å²) in [6.45, 7) is 5.24. The molecule has 1 rings (SSSR count). The first-order valence-corrected chi connectivity index (χ1v) is 4.83. The van der Waals surface area contributed by atoms with Crippen LogP contribution in [-0.4, -0.2) is 33.6 Å². The monoisotopic (exact) mass is 188 g/mol. The highest BCUT2D eigenvalue weighted by atomic mass is 16.3. The van der Waals surface area contributed by atoms with Gasteiger partial charge in [-0.2, -0.15) is 0 Å². The molecule has 1 fully saturated rings. The number of hydrogen-bond acceptors (Lipinski definition) is 3. The highest BCUT2D eigenvalue weighted by Gasteiger charge is 2.53. The van der Waals surface area contributed by atoms with Crippen molar-refractivity contribution >= 4 is 0 Å². The largest absolute Gasteiger partial charge is 0.394 e. The van der Waals surface area contributed by atoms with E-state index in [-0.39, 0.29) is 17.9 Å². The molecule has 0 aromatic carbocycles. The normalized spacial score (nSPS) is 36.9. The van der Waals surface area contributed by atoms with Gasteiger partial charge in [-0.15, -0.1) is 0 Å². The zero-order valence-corrected chi connectivity index (χ0v) is 8.62. The van der Waals surface area contributed by atoms with Crippen LogP contribution in [0.1, 0.15) is 33.6 Å². The van der Waals surface area contributed by atoms with Gasteiger partial charge in [0.25, 0.3) is 0 Å². The Labute approximate surface area is 79.4 Å². The van der Waals surface area contributed by atoms with E-state index in [1.807, 2.05) is 6.92 Å². The van der Waals surface area contributed by atoms with E-state index in [1.165, 1.54) is 0 Å². The molecule has 3 atom stereocenters. The van der Waals surface area contributed by atoms with Crippen LogP contribution in [0, 0.1) is 11.3 Å². The molecule has 1 saturated carbocycles. The van der Waals surface area contributed by atoms with Gasteiger partial charge in [0.05, 0.1) is 18.3 Å². The van der Waals surface area contributed by atoms with Gasteiger partial charge in [-0.3, -0.25) is 0 Å². The molecule has 0 aromatic heterocycles. The molecule has 0 aliphatic heterocycles. The molecule has 0 heterocycles. The molecule has 0 saturated heterocycles. The minimum absolute atomic E-state index is 0.0853. The summed E-state index contributed by atoms with van der Waals surface area (Å²) < 4.78 is 0. The van der Waals surface area contributed by atoms with Crippen LogP contribution < -0.4 is 0 Å². The maximum absolute atomic E-state index is 9.82. The summed E-state index contributed by atoms with van der Waals surface area (Å²) >= 11 is 0. The number of aliphatic hydroxyl groups excluding tert-OH is 2. The van der Waals surface area contributed by atoms with Crippen LogP contribution in [0.3, 0.4) is 0 Å². The van der Waals surface area contributed by atoms with Crippen molar-refractivity contribution in [2.24, 2.45) is 11.3 Å². The van der Waals surface area contributed by atoms with Crippen molar-refractivity contribution in [2.45, 2.75) is 45.3 Å². The van der Waals surface area contributed by atoms with Crippen molar-refractivity contribution in [3.63, 3.8) is 0 Å². The Kier molecular flexibility index (Phi) is 2.72. The second-order valence-corrected chi connectivity index (χ2v) is 4.95. The Morgan fingerprint density at radius 3 is 2.31 bits per heavy atom. The predicted molar refractivity (Wildman–Crippen MR) is 50.2 cm³/mol. The van der Waals surface area contributed by atoms with Gasteiger partial charge in [0.15, 0.2) is 0 Å². The second-order valence-electron chi connectivity index (χ2n) is 4.95. The van der Waals surface area contributed by atoms with Crippen molar-refractivity contribution in [1.82, 2.24) is 0 Å². The molecular weight excluding hydrogens is 168 g/mol. The van der Waals surface area contributed by atoms with Crippen molar-refractivity contribution in [2.75, 3.05) is 6.61 Å². The van der Waals surface area contributed by atoms with Crippen LogP contribution in [0.15, 0.2) is 0 Å². The minimum atomic E-state index is -0.761. The topological polar surface area (TPSA) is 60.7 Å². The zero-order valence-electron chi connectivity index (χ0n) is 8.62. The van der Waals surface area contributed by atoms with Gasteiger partial charge in [-0.1, -0.05) is 6.92 Å². The molecule has 0 aromatic rings. The number of aliphatic hydroxyl groups is 3. The van der Waals surface area contributed by atoms with Crippen LogP contribution in [0.2, 0.25) is 0 Å². The summed E-state index contributed by atoms with van der Waals surface area (Å²) in [7, 11) is 0. The van der Waals surface area contributed by atoms with E-state index in [4.69, 9.17) is 5.11 Å². The maximum atomic E-state index is 9.82. The van der Waals surface area contributed by atoms with Crippen molar-refractivity contribution in [3.8, 4) is 0 Å². The SMILES string of the molecule is CC(C)(O)[C@H]1CC[C@@]1(C)[C@H](O)CO. The van der Waals surface area contributed by atoms with E-state index in [0.717, 1.165) is 12.8 Å². The van der Waals surface area contributed by atoms with Crippen molar-refractivity contribution < 1.29 is 15.3 Å². The quantitative estimate of drug-likeness (QED) is 0.605. The molecule has 3 N–H and O–H groups in total. The van der Waals surface area contributed by atoms with Crippen molar-refractivity contribution in [3.05, 3.63) is 0 Å². The lowest BCUT2D eigenvalue weighted by Gasteiger charge is -2.54. The third kappa shape index (κ3) is 1.73. The first-order valence-electron chi connectivity index (χ1n) is 4.83. The van der Waals surface area contributed by atoms with E-state index in [0.29, 0.717) is 0 Å². The van der Waals surface area contributed by atoms with E-state index in [1.54, 1.807) is 13.8 Å². The van der Waals surface area contributed by atoms with Gasteiger partial charge >= 0.3 is 0 Å². The predicted octanol–water partition coefficient (Wildman–Crippen LogP) is 0.527. The Morgan fingerprint density at radius 1 is 1.54 bits per heavy atom. The van der Waals surface area contributed by atoms with Crippen LogP contribution in [0.4, 0.5) is 0 Å². The fourth-order valence-electron chi connectivity index (χ4n) is 2.51. The standard InChI is InChI=1S/C10H20O3/c1-9(2,13)7-4-5-10(7,3)8(12)6-11/h7-8,11-13H,4-6H2,1-3H3/t7-,8-,10-/m1/s1. The molecule has 0 spiro atoms. The molecule has 0 bridgehead atoms. The van der Waals surface area contributed by atoms with E-state index >= 15 is 0 Å². The fourth-order valence-corrected chi connectivity index (χ4v) is 2.51. The van der Waals surface area contributed by atoms with Gasteiger partial charge < -0.3 is 15.3 Å². The minimum Gasteiger partial charge on any atom is -0.394 e. The molecular formula is C10H20O3. The van der Waals surface area contributed by atoms with Crippen LogP contribution in [-0.2, 0) is 0 Å². The molecule has 3 heteroatoms. The van der Waals surface area contributed by atoms with Crippen LogP contribution >= 0.6 is 0 Å². The average Bonchev–Trinajstić information content (AvgIpc) is 1.96. The van der Waals surface area contributed by atoms with E-state index in [9.17, 15) is 10.2 Å². The van der Waals surface area contributed by atoms with Gasteiger partial charge in [0.2, 0.25) is 0 Å². The molecule has 78 valence electrons. The highest BCUT2D eigenvalue weighted by Crippen LogP contribution is 2.53. The molecule has 3 nitrogen and oxygen atoms in total. The Bertz CT molecular complexity index is 185. The van der Waals surface area contributed by atoms with E-state index < -0.39 is 11.7 Å². The number of rotatable bonds is 3. The lowest BCUT2D eigenvalue weighted by molar-refractivity contribution is -0.164. The second kappa shape index (κ2) is 3.23. The first kappa shape index (κ1) is 11.0. The summed E-state index contributed by atoms with van der Waals surface area (Å²) in [5.74, 6) is 0.0853. The highest BCUT2D eigenvalue weighted by molar-refractivity contribution is 5.02. The Balaban J connectivity index is 2.71. The molecule has 1 aliphatic rings. The molecule has 13 heavy (non-hydrogen) atoms. The maximum Gasteiger partial charge on any atom is 0.0828 e. The first-order chi connectivity index (χ1) is 5.82. The van der Waals surface area contributed by atoms with Gasteiger partial charge in [0, 0.05) is 5.41 Å². The molecule has 0 amide bonds. The van der Waals surface area contributed by atoms with Gasteiger partial charge in [-0.25, -0.2) is 0 Å². The lowest BCUT2D eigenvalue weighted by atomic mass is 9.53. The summed E-state index contributed by atoms with van der Waals surface area (Å²) in [6.07, 6.45) is 1.10. The van der Waals surface area contributed by atoms with E-state index in [2.05, 4.69) is 0 Å². The fraction of sp³-hybridized carbons (Fsp3) is 1.00. The average molecular weight is 188 g/mol. The lowest BCUT2D eigenvalue weighted by Crippen LogP contribution is -2.56. The zero-order chi connectivity index (χ0) is 10.3. The summed E-state index contributed by atoms with van der Waals surface area (Å²) in [4.78, 5) is 0.